The van der Waals surface area contributed by atoms with Gasteiger partial charge < -0.3 is 0 Å². The van der Waals surface area contributed by atoms with Crippen molar-refractivity contribution >= 4 is 57.5 Å². The van der Waals surface area contributed by atoms with Crippen molar-refractivity contribution < 1.29 is 4.79 Å². The van der Waals surface area contributed by atoms with Gasteiger partial charge in [-0.2, -0.15) is 0 Å². The van der Waals surface area contributed by atoms with E-state index in [2.05, 4.69) is 15.5 Å². The molecule has 0 spiro atoms. The second-order valence-electron chi connectivity index (χ2n) is 3.61. The van der Waals surface area contributed by atoms with Crippen LogP contribution in [0.2, 0.25) is 5.02 Å². The highest BCUT2D eigenvalue weighted by Gasteiger charge is 2.14. The number of nitrogens with zero attached hydrogens (tertiary/aromatic N) is 2. The van der Waals surface area contributed by atoms with Gasteiger partial charge in [-0.05, 0) is 30.2 Å². The molecule has 1 heterocycles. The van der Waals surface area contributed by atoms with Crippen molar-refractivity contribution in [3.05, 3.63) is 28.8 Å². The molecule has 20 heavy (non-hydrogen) atoms. The lowest BCUT2D eigenvalue weighted by Crippen LogP contribution is -2.12. The highest BCUT2D eigenvalue weighted by Crippen LogP contribution is 2.27. The fraction of sp³-hybridized carbons (Fsp3) is 0.250. The Balaban J connectivity index is 2.14. The van der Waals surface area contributed by atoms with Gasteiger partial charge in [0.15, 0.2) is 4.34 Å². The molecule has 0 bridgehead atoms. The van der Waals surface area contributed by atoms with Gasteiger partial charge in [0.05, 0.1) is 10.6 Å². The van der Waals surface area contributed by atoms with Crippen LogP contribution < -0.4 is 5.32 Å². The Hall–Kier alpha value is -0.760. The molecule has 0 aliphatic carbocycles. The quantitative estimate of drug-likeness (QED) is 0.647. The molecule has 0 fully saturated rings. The molecule has 1 aromatic carbocycles. The molecular weight excluding hydrogens is 334 g/mol. The minimum absolute atomic E-state index is 0.268. The Morgan fingerprint density at radius 1 is 1.45 bits per heavy atom. The van der Waals surface area contributed by atoms with E-state index in [4.69, 9.17) is 11.6 Å². The predicted molar refractivity (Wildman–Crippen MR) is 87.5 cm³/mol. The van der Waals surface area contributed by atoms with Crippen LogP contribution in [0.3, 0.4) is 0 Å². The van der Waals surface area contributed by atoms with E-state index in [-0.39, 0.29) is 5.91 Å². The largest absolute Gasteiger partial charge is 0.296 e. The molecule has 0 saturated heterocycles. The molecule has 4 nitrogen and oxygen atoms in total. The summed E-state index contributed by atoms with van der Waals surface area (Å²) in [4.78, 5) is 13.2. The second-order valence-corrected chi connectivity index (χ2v) is 7.38. The molecular formula is C12H12ClN3OS3. The number of carbonyl (C=O) groups excluding carboxylic acids is 1. The first kappa shape index (κ1) is 15.6. The molecule has 1 aromatic heterocycles. The fourth-order valence-electron chi connectivity index (χ4n) is 1.41. The van der Waals surface area contributed by atoms with Crippen molar-refractivity contribution in [1.82, 2.24) is 10.2 Å². The van der Waals surface area contributed by atoms with Crippen LogP contribution in [0.25, 0.3) is 0 Å². The van der Waals surface area contributed by atoms with Crippen molar-refractivity contribution in [3.8, 4) is 0 Å². The van der Waals surface area contributed by atoms with Gasteiger partial charge in [-0.3, -0.25) is 10.1 Å². The van der Waals surface area contributed by atoms with Crippen LogP contribution in [0.5, 0.6) is 0 Å². The number of nitrogens with one attached hydrogen (secondary N) is 1. The molecule has 0 unspecified atom stereocenters. The standard InChI is InChI=1S/C12H12ClN3OS3/c1-3-19-12-16-15-11(20-12)14-10(17)8-6-7(18-2)4-5-9(8)13/h4-6H,3H2,1-2H3,(H,14,15,17). The summed E-state index contributed by atoms with van der Waals surface area (Å²) in [6.07, 6.45) is 1.95. The molecule has 0 atom stereocenters. The van der Waals surface area contributed by atoms with Gasteiger partial charge in [-0.15, -0.1) is 22.0 Å². The average Bonchev–Trinajstić information content (AvgIpc) is 2.87. The summed E-state index contributed by atoms with van der Waals surface area (Å²) in [5.41, 5.74) is 0.443. The van der Waals surface area contributed by atoms with Gasteiger partial charge in [-0.1, -0.05) is 41.6 Å². The van der Waals surface area contributed by atoms with Crippen LogP contribution in [-0.4, -0.2) is 28.1 Å². The summed E-state index contributed by atoms with van der Waals surface area (Å²) >= 11 is 10.6. The molecule has 1 N–H and O–H groups in total. The molecule has 0 saturated carbocycles. The van der Waals surface area contributed by atoms with E-state index in [1.807, 2.05) is 19.2 Å². The second kappa shape index (κ2) is 7.31. The van der Waals surface area contributed by atoms with Crippen LogP contribution in [0.1, 0.15) is 17.3 Å². The zero-order valence-electron chi connectivity index (χ0n) is 10.8. The normalized spacial score (nSPS) is 10.6. The Bertz CT molecular complexity index is 618. The number of carbonyl (C=O) groups is 1. The molecule has 0 radical (unpaired) electrons. The number of aromatic nitrogens is 2. The number of hydrogen-bond donors (Lipinski definition) is 1. The maximum absolute atomic E-state index is 12.2. The van der Waals surface area contributed by atoms with Crippen molar-refractivity contribution in [2.45, 2.75) is 16.2 Å². The average molecular weight is 346 g/mol. The highest BCUT2D eigenvalue weighted by molar-refractivity contribution is 8.01. The van der Waals surface area contributed by atoms with Crippen molar-refractivity contribution in [2.24, 2.45) is 0 Å². The van der Waals surface area contributed by atoms with E-state index in [9.17, 15) is 4.79 Å². The third kappa shape index (κ3) is 3.88. The SMILES string of the molecule is CCSc1nnc(NC(=O)c2cc(SC)ccc2Cl)s1. The van der Waals surface area contributed by atoms with Crippen LogP contribution in [0, 0.1) is 0 Å². The van der Waals surface area contributed by atoms with E-state index >= 15 is 0 Å². The monoisotopic (exact) mass is 345 g/mol. The zero-order chi connectivity index (χ0) is 14.5. The number of halogens is 1. The zero-order valence-corrected chi connectivity index (χ0v) is 14.0. The van der Waals surface area contributed by atoms with Gasteiger partial charge in [-0.25, -0.2) is 0 Å². The summed E-state index contributed by atoms with van der Waals surface area (Å²) in [6.45, 7) is 2.04. The lowest BCUT2D eigenvalue weighted by Gasteiger charge is -2.05. The Morgan fingerprint density at radius 3 is 2.95 bits per heavy atom. The molecule has 106 valence electrons. The first-order chi connectivity index (χ1) is 9.63. The molecule has 0 aliphatic heterocycles. The summed E-state index contributed by atoms with van der Waals surface area (Å²) in [5, 5.41) is 11.6. The van der Waals surface area contributed by atoms with Crippen molar-refractivity contribution in [3.63, 3.8) is 0 Å². The van der Waals surface area contributed by atoms with E-state index in [0.29, 0.717) is 15.7 Å². The smallest absolute Gasteiger partial charge is 0.259 e. The van der Waals surface area contributed by atoms with Crippen LogP contribution in [-0.2, 0) is 0 Å². The number of anilines is 1. The lowest BCUT2D eigenvalue weighted by molar-refractivity contribution is 0.102. The Morgan fingerprint density at radius 2 is 2.25 bits per heavy atom. The Labute approximate surface area is 134 Å². The Kier molecular flexibility index (Phi) is 5.71. The third-order valence-electron chi connectivity index (χ3n) is 2.31. The molecule has 2 aromatic rings. The van der Waals surface area contributed by atoms with Gasteiger partial charge in [0, 0.05) is 4.90 Å². The number of amides is 1. The van der Waals surface area contributed by atoms with Crippen molar-refractivity contribution in [2.75, 3.05) is 17.3 Å². The van der Waals surface area contributed by atoms with Crippen molar-refractivity contribution in [1.29, 1.82) is 0 Å². The number of hydrogen-bond acceptors (Lipinski definition) is 6. The summed E-state index contributed by atoms with van der Waals surface area (Å²) in [7, 11) is 0. The van der Waals surface area contributed by atoms with Gasteiger partial charge in [0.2, 0.25) is 5.13 Å². The van der Waals surface area contributed by atoms with E-state index in [1.54, 1.807) is 35.7 Å². The minimum atomic E-state index is -0.268. The van der Waals surface area contributed by atoms with Crippen LogP contribution in [0.15, 0.2) is 27.4 Å². The molecule has 2 rings (SSSR count). The van der Waals surface area contributed by atoms with E-state index < -0.39 is 0 Å². The lowest BCUT2D eigenvalue weighted by atomic mass is 10.2. The minimum Gasteiger partial charge on any atom is -0.296 e. The molecule has 8 heteroatoms. The summed E-state index contributed by atoms with van der Waals surface area (Å²) in [6, 6.07) is 5.37. The van der Waals surface area contributed by atoms with Gasteiger partial charge in [0.25, 0.3) is 5.91 Å². The maximum atomic E-state index is 12.2. The van der Waals surface area contributed by atoms with Gasteiger partial charge in [0.1, 0.15) is 0 Å². The number of benzene rings is 1. The van der Waals surface area contributed by atoms with Crippen LogP contribution in [0.4, 0.5) is 5.13 Å². The number of thioether (sulfide) groups is 2. The summed E-state index contributed by atoms with van der Waals surface area (Å²) < 4.78 is 0.840. The number of rotatable bonds is 5. The summed E-state index contributed by atoms with van der Waals surface area (Å²) in [5.74, 6) is 0.652. The van der Waals surface area contributed by atoms with Crippen LogP contribution >= 0.6 is 46.5 Å². The van der Waals surface area contributed by atoms with Gasteiger partial charge >= 0.3 is 0 Å². The highest BCUT2D eigenvalue weighted by atomic mass is 35.5. The van der Waals surface area contributed by atoms with E-state index in [1.165, 1.54) is 11.3 Å². The first-order valence-corrected chi connectivity index (χ1v) is 9.15. The maximum Gasteiger partial charge on any atom is 0.259 e. The molecule has 1 amide bonds. The molecule has 0 aliphatic rings. The third-order valence-corrected chi connectivity index (χ3v) is 5.22. The predicted octanol–water partition coefficient (Wildman–Crippen LogP) is 4.28. The fourth-order valence-corrected chi connectivity index (χ4v) is 3.70. The topological polar surface area (TPSA) is 54.9 Å². The first-order valence-electron chi connectivity index (χ1n) is 5.75. The van der Waals surface area contributed by atoms with E-state index in [0.717, 1.165) is 15.0 Å².